The summed E-state index contributed by atoms with van der Waals surface area (Å²) in [6.07, 6.45) is 5.22. The summed E-state index contributed by atoms with van der Waals surface area (Å²) >= 11 is 0. The van der Waals surface area contributed by atoms with Gasteiger partial charge in [-0.25, -0.2) is 0 Å². The Morgan fingerprint density at radius 2 is 2.10 bits per heavy atom. The Hall–Kier alpha value is -0.520. The molecule has 0 aromatic rings. The molecule has 0 amide bonds. The van der Waals surface area contributed by atoms with E-state index in [1.54, 1.807) is 7.11 Å². The van der Waals surface area contributed by atoms with Crippen molar-refractivity contribution in [3.05, 3.63) is 0 Å². The lowest BCUT2D eigenvalue weighted by Crippen LogP contribution is -2.17. The molecule has 0 aliphatic carbocycles. The minimum atomic E-state index is -0.182. The van der Waals surface area contributed by atoms with Gasteiger partial charge in [-0.15, -0.1) is 6.42 Å². The lowest BCUT2D eigenvalue weighted by Gasteiger charge is -2.16. The van der Waals surface area contributed by atoms with E-state index >= 15 is 0 Å². The van der Waals surface area contributed by atoms with Crippen molar-refractivity contribution in [2.45, 2.75) is 13.8 Å². The molecule has 0 saturated heterocycles. The number of terminal acetylenes is 1. The van der Waals surface area contributed by atoms with Gasteiger partial charge in [0.1, 0.15) is 6.79 Å². The van der Waals surface area contributed by atoms with Gasteiger partial charge < -0.3 is 9.47 Å². The van der Waals surface area contributed by atoms with Crippen LogP contribution in [0.5, 0.6) is 0 Å². The second kappa shape index (κ2) is 4.32. The van der Waals surface area contributed by atoms with E-state index in [1.165, 1.54) is 0 Å². The van der Waals surface area contributed by atoms with Gasteiger partial charge in [0.25, 0.3) is 0 Å². The molecule has 0 atom stereocenters. The third-order valence-corrected chi connectivity index (χ3v) is 1.05. The van der Waals surface area contributed by atoms with Crippen LogP contribution in [0, 0.1) is 17.8 Å². The third kappa shape index (κ3) is 4.37. The minimum absolute atomic E-state index is 0.182. The molecule has 0 aromatic heterocycles. The van der Waals surface area contributed by atoms with Gasteiger partial charge in [0.05, 0.1) is 6.61 Å². The Labute approximate surface area is 62.5 Å². The van der Waals surface area contributed by atoms with Gasteiger partial charge >= 0.3 is 0 Å². The molecule has 0 heterocycles. The summed E-state index contributed by atoms with van der Waals surface area (Å²) in [6, 6.07) is 0. The summed E-state index contributed by atoms with van der Waals surface area (Å²) < 4.78 is 9.76. The van der Waals surface area contributed by atoms with Crippen molar-refractivity contribution in [1.82, 2.24) is 0 Å². The quantitative estimate of drug-likeness (QED) is 0.334. The summed E-state index contributed by atoms with van der Waals surface area (Å²) in [5, 5.41) is 0. The van der Waals surface area contributed by atoms with Gasteiger partial charge in [-0.05, 0) is 13.8 Å². The fraction of sp³-hybridized carbons (Fsp3) is 0.750. The molecule has 0 aliphatic heterocycles. The van der Waals surface area contributed by atoms with Crippen molar-refractivity contribution in [2.75, 3.05) is 20.5 Å². The highest BCUT2D eigenvalue weighted by Crippen LogP contribution is 2.12. The molecule has 0 unspecified atom stereocenters. The highest BCUT2D eigenvalue weighted by molar-refractivity contribution is 5.00. The van der Waals surface area contributed by atoms with Crippen LogP contribution in [0.4, 0.5) is 0 Å². The molecule has 2 heteroatoms. The summed E-state index contributed by atoms with van der Waals surface area (Å²) in [7, 11) is 1.59. The molecule has 0 saturated carbocycles. The van der Waals surface area contributed by atoms with Crippen LogP contribution >= 0.6 is 0 Å². The SMILES string of the molecule is C#CC(C)(C)COCOC. The maximum atomic E-state index is 5.22. The first-order valence-corrected chi connectivity index (χ1v) is 3.17. The molecule has 0 N–H and O–H groups in total. The summed E-state index contributed by atoms with van der Waals surface area (Å²) in [6.45, 7) is 4.74. The second-order valence-electron chi connectivity index (χ2n) is 2.78. The van der Waals surface area contributed by atoms with Crippen molar-refractivity contribution >= 4 is 0 Å². The standard InChI is InChI=1S/C8H14O2/c1-5-8(2,3)6-10-7-9-4/h1H,6-7H2,2-4H3. The Kier molecular flexibility index (Phi) is 4.10. The van der Waals surface area contributed by atoms with Crippen LogP contribution in [0.25, 0.3) is 0 Å². The van der Waals surface area contributed by atoms with Gasteiger partial charge in [0, 0.05) is 12.5 Å². The highest BCUT2D eigenvalue weighted by atomic mass is 16.7. The van der Waals surface area contributed by atoms with Gasteiger partial charge in [-0.3, -0.25) is 0 Å². The summed E-state index contributed by atoms with van der Waals surface area (Å²) in [5.74, 6) is 2.62. The first kappa shape index (κ1) is 9.48. The molecular formula is C8H14O2. The van der Waals surface area contributed by atoms with Crippen molar-refractivity contribution in [3.8, 4) is 12.3 Å². The van der Waals surface area contributed by atoms with E-state index in [2.05, 4.69) is 5.92 Å². The molecule has 0 bridgehead atoms. The second-order valence-corrected chi connectivity index (χ2v) is 2.78. The Morgan fingerprint density at radius 1 is 1.50 bits per heavy atom. The minimum Gasteiger partial charge on any atom is -0.359 e. The first-order valence-electron chi connectivity index (χ1n) is 3.17. The van der Waals surface area contributed by atoms with E-state index in [0.29, 0.717) is 13.4 Å². The third-order valence-electron chi connectivity index (χ3n) is 1.05. The monoisotopic (exact) mass is 142 g/mol. The summed E-state index contributed by atoms with van der Waals surface area (Å²) in [5.41, 5.74) is -0.182. The maximum absolute atomic E-state index is 5.22. The van der Waals surface area contributed by atoms with Gasteiger partial charge in [0.2, 0.25) is 0 Å². The molecule has 0 rings (SSSR count). The molecule has 0 radical (unpaired) electrons. The lowest BCUT2D eigenvalue weighted by molar-refractivity contribution is -0.0485. The maximum Gasteiger partial charge on any atom is 0.146 e. The van der Waals surface area contributed by atoms with E-state index in [-0.39, 0.29) is 5.41 Å². The Morgan fingerprint density at radius 3 is 2.50 bits per heavy atom. The number of methoxy groups -OCH3 is 1. The largest absolute Gasteiger partial charge is 0.359 e. The Bertz CT molecular complexity index is 122. The first-order chi connectivity index (χ1) is 4.62. The van der Waals surface area contributed by atoms with Crippen LogP contribution in [0.1, 0.15) is 13.8 Å². The molecule has 0 spiro atoms. The smallest absolute Gasteiger partial charge is 0.146 e. The number of ether oxygens (including phenoxy) is 2. The van der Waals surface area contributed by atoms with E-state index in [0.717, 1.165) is 0 Å². The average molecular weight is 142 g/mol. The van der Waals surface area contributed by atoms with Crippen LogP contribution < -0.4 is 0 Å². The van der Waals surface area contributed by atoms with Crippen LogP contribution in [-0.4, -0.2) is 20.5 Å². The number of rotatable bonds is 4. The van der Waals surface area contributed by atoms with Gasteiger partial charge in [-0.1, -0.05) is 5.92 Å². The van der Waals surface area contributed by atoms with Crippen molar-refractivity contribution in [3.63, 3.8) is 0 Å². The van der Waals surface area contributed by atoms with E-state index in [1.807, 2.05) is 13.8 Å². The van der Waals surface area contributed by atoms with Gasteiger partial charge in [-0.2, -0.15) is 0 Å². The zero-order valence-electron chi connectivity index (χ0n) is 6.81. The normalized spacial score (nSPS) is 11.0. The Balaban J connectivity index is 3.40. The van der Waals surface area contributed by atoms with Crippen molar-refractivity contribution in [1.29, 1.82) is 0 Å². The topological polar surface area (TPSA) is 18.5 Å². The van der Waals surface area contributed by atoms with E-state index in [4.69, 9.17) is 15.9 Å². The molecule has 58 valence electrons. The zero-order chi connectivity index (χ0) is 8.04. The predicted molar refractivity (Wildman–Crippen MR) is 40.4 cm³/mol. The lowest BCUT2D eigenvalue weighted by atomic mass is 9.97. The van der Waals surface area contributed by atoms with Crippen molar-refractivity contribution < 1.29 is 9.47 Å². The molecule has 0 aromatic carbocycles. The fourth-order valence-corrected chi connectivity index (χ4v) is 0.422. The van der Waals surface area contributed by atoms with Crippen LogP contribution in [0.2, 0.25) is 0 Å². The van der Waals surface area contributed by atoms with Crippen LogP contribution in [-0.2, 0) is 9.47 Å². The number of hydrogen-bond donors (Lipinski definition) is 0. The van der Waals surface area contributed by atoms with Crippen LogP contribution in [0.3, 0.4) is 0 Å². The van der Waals surface area contributed by atoms with E-state index < -0.39 is 0 Å². The van der Waals surface area contributed by atoms with Crippen molar-refractivity contribution in [2.24, 2.45) is 5.41 Å². The molecule has 0 aliphatic rings. The number of hydrogen-bond acceptors (Lipinski definition) is 2. The van der Waals surface area contributed by atoms with Gasteiger partial charge in [0.15, 0.2) is 0 Å². The van der Waals surface area contributed by atoms with E-state index in [9.17, 15) is 0 Å². The highest BCUT2D eigenvalue weighted by Gasteiger charge is 2.13. The van der Waals surface area contributed by atoms with Crippen LogP contribution in [0.15, 0.2) is 0 Å². The average Bonchev–Trinajstić information content (AvgIpc) is 1.89. The molecular weight excluding hydrogens is 128 g/mol. The predicted octanol–water partition coefficient (Wildman–Crippen LogP) is 1.27. The molecule has 10 heavy (non-hydrogen) atoms. The molecule has 2 nitrogen and oxygen atoms in total. The molecule has 0 fully saturated rings. The summed E-state index contributed by atoms with van der Waals surface area (Å²) in [4.78, 5) is 0. The zero-order valence-corrected chi connectivity index (χ0v) is 6.81. The fourth-order valence-electron chi connectivity index (χ4n) is 0.422.